The van der Waals surface area contributed by atoms with Crippen molar-refractivity contribution in [3.63, 3.8) is 0 Å². The number of para-hydroxylation sites is 2. The fourth-order valence-corrected chi connectivity index (χ4v) is 3.09. The summed E-state index contributed by atoms with van der Waals surface area (Å²) in [5.41, 5.74) is 2.44. The van der Waals surface area contributed by atoms with Crippen LogP contribution in [-0.4, -0.2) is 18.4 Å². The molecule has 3 aromatic rings. The van der Waals surface area contributed by atoms with Crippen LogP contribution in [0.2, 0.25) is 5.02 Å². The van der Waals surface area contributed by atoms with E-state index >= 15 is 0 Å². The number of benzene rings is 3. The number of hydrogen-bond donors (Lipinski definition) is 2. The number of rotatable bonds is 8. The average molecular weight is 423 g/mol. The smallest absolute Gasteiger partial charge is 0.255 e. The van der Waals surface area contributed by atoms with Crippen LogP contribution < -0.4 is 15.4 Å². The van der Waals surface area contributed by atoms with Crippen LogP contribution in [0.25, 0.3) is 0 Å². The molecule has 0 unspecified atom stereocenters. The van der Waals surface area contributed by atoms with Gasteiger partial charge < -0.3 is 15.4 Å². The van der Waals surface area contributed by atoms with Crippen LogP contribution in [0, 0.1) is 0 Å². The Morgan fingerprint density at radius 3 is 2.40 bits per heavy atom. The summed E-state index contributed by atoms with van der Waals surface area (Å²) in [4.78, 5) is 25.0. The summed E-state index contributed by atoms with van der Waals surface area (Å²) >= 11 is 6.22. The predicted molar refractivity (Wildman–Crippen MR) is 120 cm³/mol. The first-order valence-corrected chi connectivity index (χ1v) is 10.1. The van der Waals surface area contributed by atoms with Crippen LogP contribution in [0.15, 0.2) is 72.8 Å². The molecular formula is C24H23ClN2O3. The first-order chi connectivity index (χ1) is 14.6. The lowest BCUT2D eigenvalue weighted by Crippen LogP contribution is -2.15. The molecule has 0 saturated heterocycles. The van der Waals surface area contributed by atoms with Crippen LogP contribution in [-0.2, 0) is 11.2 Å². The van der Waals surface area contributed by atoms with Gasteiger partial charge in [0.15, 0.2) is 0 Å². The summed E-state index contributed by atoms with van der Waals surface area (Å²) < 4.78 is 5.54. The van der Waals surface area contributed by atoms with Gasteiger partial charge in [-0.15, -0.1) is 0 Å². The van der Waals surface area contributed by atoms with Gasteiger partial charge in [-0.25, -0.2) is 0 Å². The summed E-state index contributed by atoms with van der Waals surface area (Å²) in [5.74, 6) is 0.107. The molecule has 0 heterocycles. The minimum atomic E-state index is -0.321. The largest absolute Gasteiger partial charge is 0.492 e. The van der Waals surface area contributed by atoms with Crippen LogP contribution in [0.4, 0.5) is 11.4 Å². The Morgan fingerprint density at radius 2 is 1.63 bits per heavy atom. The van der Waals surface area contributed by atoms with E-state index in [1.54, 1.807) is 30.3 Å². The molecule has 5 nitrogen and oxygen atoms in total. The molecule has 0 bridgehead atoms. The molecule has 0 radical (unpaired) electrons. The molecule has 0 aliphatic carbocycles. The zero-order valence-electron chi connectivity index (χ0n) is 16.7. The molecule has 3 rings (SSSR count). The minimum Gasteiger partial charge on any atom is -0.492 e. The molecule has 0 aliphatic rings. The molecule has 2 N–H and O–H groups in total. The lowest BCUT2D eigenvalue weighted by molar-refractivity contribution is -0.116. The lowest BCUT2D eigenvalue weighted by atomic mass is 10.1. The molecule has 0 saturated carbocycles. The van der Waals surface area contributed by atoms with Gasteiger partial charge >= 0.3 is 0 Å². The predicted octanol–water partition coefficient (Wildman–Crippen LogP) is 5.56. The molecule has 0 atom stereocenters. The van der Waals surface area contributed by atoms with Crippen molar-refractivity contribution in [1.29, 1.82) is 0 Å². The first-order valence-electron chi connectivity index (χ1n) is 9.73. The summed E-state index contributed by atoms with van der Waals surface area (Å²) in [6.45, 7) is 2.37. The summed E-state index contributed by atoms with van der Waals surface area (Å²) in [6, 6.07) is 21.8. The van der Waals surface area contributed by atoms with Gasteiger partial charge in [-0.2, -0.15) is 0 Å². The normalized spacial score (nSPS) is 10.3. The fraction of sp³-hybridized carbons (Fsp3) is 0.167. The van der Waals surface area contributed by atoms with Crippen molar-refractivity contribution in [2.75, 3.05) is 17.2 Å². The Kier molecular flexibility index (Phi) is 7.46. The second-order valence-corrected chi connectivity index (χ2v) is 7.02. The SMILES string of the molecule is CCOc1ccccc1NC(=O)c1ccc(Cl)c(NC(=O)CCc2ccccc2)c1. The Hall–Kier alpha value is -3.31. The number of nitrogens with one attached hydrogen (secondary N) is 2. The van der Waals surface area contributed by atoms with E-state index in [2.05, 4.69) is 10.6 Å². The topological polar surface area (TPSA) is 67.4 Å². The van der Waals surface area contributed by atoms with Crippen LogP contribution in [0.3, 0.4) is 0 Å². The molecule has 0 aliphatic heterocycles. The summed E-state index contributed by atoms with van der Waals surface area (Å²) in [6.07, 6.45) is 0.942. The number of halogens is 1. The Balaban J connectivity index is 1.67. The highest BCUT2D eigenvalue weighted by Gasteiger charge is 2.13. The van der Waals surface area contributed by atoms with Crippen molar-refractivity contribution in [2.45, 2.75) is 19.8 Å². The number of ether oxygens (including phenoxy) is 1. The van der Waals surface area contributed by atoms with E-state index in [1.165, 1.54) is 0 Å². The number of anilines is 2. The van der Waals surface area contributed by atoms with E-state index in [0.717, 1.165) is 5.56 Å². The number of amides is 2. The Morgan fingerprint density at radius 1 is 0.900 bits per heavy atom. The summed E-state index contributed by atoms with van der Waals surface area (Å²) in [7, 11) is 0. The van der Waals surface area contributed by atoms with E-state index in [0.29, 0.717) is 47.2 Å². The van der Waals surface area contributed by atoms with Crippen molar-refractivity contribution >= 4 is 34.8 Å². The second-order valence-electron chi connectivity index (χ2n) is 6.61. The molecule has 30 heavy (non-hydrogen) atoms. The maximum atomic E-state index is 12.7. The summed E-state index contributed by atoms with van der Waals surface area (Å²) in [5, 5.41) is 6.00. The number of carbonyl (C=O) groups excluding carboxylic acids is 2. The maximum Gasteiger partial charge on any atom is 0.255 e. The second kappa shape index (κ2) is 10.5. The highest BCUT2D eigenvalue weighted by atomic mass is 35.5. The Bertz CT molecular complexity index is 1020. The fourth-order valence-electron chi connectivity index (χ4n) is 2.92. The zero-order chi connectivity index (χ0) is 21.3. The van der Waals surface area contributed by atoms with E-state index < -0.39 is 0 Å². The van der Waals surface area contributed by atoms with Crippen molar-refractivity contribution in [3.8, 4) is 5.75 Å². The van der Waals surface area contributed by atoms with Gasteiger partial charge in [-0.1, -0.05) is 54.1 Å². The molecule has 3 aromatic carbocycles. The van der Waals surface area contributed by atoms with E-state index in [-0.39, 0.29) is 11.8 Å². The monoisotopic (exact) mass is 422 g/mol. The van der Waals surface area contributed by atoms with Gasteiger partial charge in [0.25, 0.3) is 5.91 Å². The van der Waals surface area contributed by atoms with Gasteiger partial charge in [0.1, 0.15) is 5.75 Å². The van der Waals surface area contributed by atoms with Gasteiger partial charge in [0, 0.05) is 12.0 Å². The van der Waals surface area contributed by atoms with Crippen LogP contribution in [0.5, 0.6) is 5.75 Å². The minimum absolute atomic E-state index is 0.167. The van der Waals surface area contributed by atoms with Crippen LogP contribution in [0.1, 0.15) is 29.3 Å². The first kappa shape index (κ1) is 21.4. The quantitative estimate of drug-likeness (QED) is 0.499. The molecular weight excluding hydrogens is 400 g/mol. The molecule has 0 fully saturated rings. The van der Waals surface area contributed by atoms with E-state index in [9.17, 15) is 9.59 Å². The van der Waals surface area contributed by atoms with Crippen LogP contribution >= 0.6 is 11.6 Å². The average Bonchev–Trinajstić information content (AvgIpc) is 2.76. The highest BCUT2D eigenvalue weighted by molar-refractivity contribution is 6.34. The number of hydrogen-bond acceptors (Lipinski definition) is 3. The molecule has 2 amide bonds. The van der Waals surface area contributed by atoms with Crippen molar-refractivity contribution in [2.24, 2.45) is 0 Å². The zero-order valence-corrected chi connectivity index (χ0v) is 17.4. The molecule has 0 spiro atoms. The van der Waals surface area contributed by atoms with Crippen molar-refractivity contribution < 1.29 is 14.3 Å². The Labute approximate surface area is 181 Å². The molecule has 0 aromatic heterocycles. The van der Waals surface area contributed by atoms with Gasteiger partial charge in [0.05, 0.1) is 23.0 Å². The standard InChI is InChI=1S/C24H23ClN2O3/c1-2-30-22-11-7-6-10-20(22)27-24(29)18-13-14-19(25)21(16-18)26-23(28)15-12-17-8-4-3-5-9-17/h3-11,13-14,16H,2,12,15H2,1H3,(H,26,28)(H,27,29). The third kappa shape index (κ3) is 5.84. The van der Waals surface area contributed by atoms with Gasteiger partial charge in [-0.05, 0) is 49.2 Å². The third-order valence-corrected chi connectivity index (χ3v) is 4.75. The number of carbonyl (C=O) groups is 2. The van der Waals surface area contributed by atoms with E-state index in [4.69, 9.17) is 16.3 Å². The maximum absolute atomic E-state index is 12.7. The molecule has 154 valence electrons. The van der Waals surface area contributed by atoms with Gasteiger partial charge in [0.2, 0.25) is 5.91 Å². The molecule has 6 heteroatoms. The van der Waals surface area contributed by atoms with Crippen molar-refractivity contribution in [3.05, 3.63) is 88.9 Å². The van der Waals surface area contributed by atoms with Crippen molar-refractivity contribution in [1.82, 2.24) is 0 Å². The number of aryl methyl sites for hydroxylation is 1. The lowest BCUT2D eigenvalue weighted by Gasteiger charge is -2.13. The van der Waals surface area contributed by atoms with E-state index in [1.807, 2.05) is 49.4 Å². The third-order valence-electron chi connectivity index (χ3n) is 4.42. The van der Waals surface area contributed by atoms with Gasteiger partial charge in [-0.3, -0.25) is 9.59 Å². The highest BCUT2D eigenvalue weighted by Crippen LogP contribution is 2.27.